The molecule has 0 saturated carbocycles. The van der Waals surface area contributed by atoms with E-state index in [4.69, 9.17) is 5.73 Å². The lowest BCUT2D eigenvalue weighted by Crippen LogP contribution is -2.29. The first-order valence-electron chi connectivity index (χ1n) is 7.22. The fourth-order valence-electron chi connectivity index (χ4n) is 2.92. The minimum absolute atomic E-state index is 0.673. The molecule has 1 aliphatic heterocycles. The zero-order valence-corrected chi connectivity index (χ0v) is 12.2. The van der Waals surface area contributed by atoms with Gasteiger partial charge in [0.2, 0.25) is 0 Å². The van der Waals surface area contributed by atoms with Crippen molar-refractivity contribution in [1.82, 2.24) is 14.7 Å². The van der Waals surface area contributed by atoms with Gasteiger partial charge in [-0.2, -0.15) is 5.10 Å². The standard InChI is InChI=1S/C16H22N4/c1-19-8-6-12(7-9-19)13-4-3-5-14(10-13)15-11-16(17)20(2)18-15/h3-5,10-12H,6-9,17H2,1-2H3. The van der Waals surface area contributed by atoms with Crippen LogP contribution in [0.5, 0.6) is 0 Å². The average molecular weight is 270 g/mol. The van der Waals surface area contributed by atoms with Gasteiger partial charge in [-0.3, -0.25) is 4.68 Å². The van der Waals surface area contributed by atoms with E-state index in [0.717, 1.165) is 11.3 Å². The number of aryl methyl sites for hydroxylation is 1. The lowest BCUT2D eigenvalue weighted by Gasteiger charge is -2.29. The molecule has 4 heteroatoms. The fraction of sp³-hybridized carbons (Fsp3) is 0.438. The maximum atomic E-state index is 5.87. The van der Waals surface area contributed by atoms with Crippen LogP contribution in [0.4, 0.5) is 5.82 Å². The van der Waals surface area contributed by atoms with Gasteiger partial charge in [0, 0.05) is 18.7 Å². The summed E-state index contributed by atoms with van der Waals surface area (Å²) in [6.45, 7) is 2.37. The van der Waals surface area contributed by atoms with Crippen LogP contribution in [-0.2, 0) is 7.05 Å². The van der Waals surface area contributed by atoms with Crippen LogP contribution < -0.4 is 5.73 Å². The lowest BCUT2D eigenvalue weighted by atomic mass is 9.88. The molecule has 0 radical (unpaired) electrons. The molecule has 1 aromatic carbocycles. The van der Waals surface area contributed by atoms with Gasteiger partial charge in [0.15, 0.2) is 0 Å². The molecule has 3 rings (SSSR count). The lowest BCUT2D eigenvalue weighted by molar-refractivity contribution is 0.255. The number of aromatic nitrogens is 2. The Balaban J connectivity index is 1.86. The maximum Gasteiger partial charge on any atom is 0.121 e. The minimum atomic E-state index is 0.673. The number of hydrogen-bond donors (Lipinski definition) is 1. The molecular weight excluding hydrogens is 248 g/mol. The molecule has 2 aromatic rings. The topological polar surface area (TPSA) is 47.1 Å². The SMILES string of the molecule is CN1CCC(c2cccc(-c3cc(N)n(C)n3)c2)CC1. The summed E-state index contributed by atoms with van der Waals surface area (Å²) in [6.07, 6.45) is 2.48. The molecule has 1 saturated heterocycles. The van der Waals surface area contributed by atoms with E-state index in [1.165, 1.54) is 31.5 Å². The summed E-state index contributed by atoms with van der Waals surface area (Å²) in [6, 6.07) is 10.7. The molecule has 2 heterocycles. The third-order valence-corrected chi connectivity index (χ3v) is 4.29. The summed E-state index contributed by atoms with van der Waals surface area (Å²) in [5, 5.41) is 4.46. The monoisotopic (exact) mass is 270 g/mol. The number of likely N-dealkylation sites (tertiary alicyclic amines) is 1. The predicted molar refractivity (Wildman–Crippen MR) is 82.5 cm³/mol. The van der Waals surface area contributed by atoms with Crippen molar-refractivity contribution in [2.75, 3.05) is 25.9 Å². The number of rotatable bonds is 2. The highest BCUT2D eigenvalue weighted by atomic mass is 15.3. The number of nitrogens with two attached hydrogens (primary N) is 1. The highest BCUT2D eigenvalue weighted by molar-refractivity contribution is 5.63. The minimum Gasteiger partial charge on any atom is -0.384 e. The van der Waals surface area contributed by atoms with Gasteiger partial charge >= 0.3 is 0 Å². The Morgan fingerprint density at radius 2 is 1.90 bits per heavy atom. The van der Waals surface area contributed by atoms with Gasteiger partial charge < -0.3 is 10.6 Å². The number of nitrogen functional groups attached to an aromatic ring is 1. The Hall–Kier alpha value is -1.81. The van der Waals surface area contributed by atoms with Crippen molar-refractivity contribution >= 4 is 5.82 Å². The first kappa shape index (κ1) is 13.2. The van der Waals surface area contributed by atoms with Gasteiger partial charge in [-0.25, -0.2) is 0 Å². The molecule has 0 spiro atoms. The molecule has 0 aliphatic carbocycles. The molecule has 1 aromatic heterocycles. The number of hydrogen-bond acceptors (Lipinski definition) is 3. The summed E-state index contributed by atoms with van der Waals surface area (Å²) in [7, 11) is 4.07. The Morgan fingerprint density at radius 1 is 1.15 bits per heavy atom. The predicted octanol–water partition coefficient (Wildman–Crippen LogP) is 2.48. The van der Waals surface area contributed by atoms with Crippen LogP contribution in [0.1, 0.15) is 24.3 Å². The summed E-state index contributed by atoms with van der Waals surface area (Å²) in [4.78, 5) is 2.40. The Labute approximate surface area is 120 Å². The van der Waals surface area contributed by atoms with Gasteiger partial charge in [-0.1, -0.05) is 18.2 Å². The zero-order chi connectivity index (χ0) is 14.1. The van der Waals surface area contributed by atoms with Crippen molar-refractivity contribution in [2.45, 2.75) is 18.8 Å². The average Bonchev–Trinajstić information content (AvgIpc) is 2.80. The van der Waals surface area contributed by atoms with E-state index in [9.17, 15) is 0 Å². The molecule has 106 valence electrons. The van der Waals surface area contributed by atoms with Crippen molar-refractivity contribution in [3.8, 4) is 11.3 Å². The molecule has 2 N–H and O–H groups in total. The van der Waals surface area contributed by atoms with Crippen molar-refractivity contribution in [2.24, 2.45) is 7.05 Å². The number of piperidine rings is 1. The molecule has 1 aliphatic rings. The third kappa shape index (κ3) is 2.56. The largest absolute Gasteiger partial charge is 0.384 e. The highest BCUT2D eigenvalue weighted by Crippen LogP contribution is 2.30. The second-order valence-electron chi connectivity index (χ2n) is 5.78. The van der Waals surface area contributed by atoms with Gasteiger partial charge in [0.05, 0.1) is 5.69 Å². The van der Waals surface area contributed by atoms with Crippen LogP contribution >= 0.6 is 0 Å². The summed E-state index contributed by atoms with van der Waals surface area (Å²) in [5.74, 6) is 1.37. The van der Waals surface area contributed by atoms with E-state index >= 15 is 0 Å². The maximum absolute atomic E-state index is 5.87. The highest BCUT2D eigenvalue weighted by Gasteiger charge is 2.18. The molecule has 20 heavy (non-hydrogen) atoms. The summed E-state index contributed by atoms with van der Waals surface area (Å²) in [5.41, 5.74) is 9.42. The Kier molecular flexibility index (Phi) is 3.49. The first-order valence-corrected chi connectivity index (χ1v) is 7.22. The first-order chi connectivity index (χ1) is 9.63. The van der Waals surface area contributed by atoms with Gasteiger partial charge in [0.1, 0.15) is 5.82 Å². The molecule has 0 unspecified atom stereocenters. The van der Waals surface area contributed by atoms with Crippen LogP contribution in [0.15, 0.2) is 30.3 Å². The second-order valence-corrected chi connectivity index (χ2v) is 5.78. The van der Waals surface area contributed by atoms with Crippen LogP contribution in [0.3, 0.4) is 0 Å². The van der Waals surface area contributed by atoms with Crippen molar-refractivity contribution in [3.05, 3.63) is 35.9 Å². The van der Waals surface area contributed by atoms with E-state index in [-0.39, 0.29) is 0 Å². The van der Waals surface area contributed by atoms with E-state index in [1.807, 2.05) is 13.1 Å². The summed E-state index contributed by atoms with van der Waals surface area (Å²) >= 11 is 0. The number of nitrogens with zero attached hydrogens (tertiary/aromatic N) is 3. The molecule has 0 amide bonds. The van der Waals surface area contributed by atoms with Gasteiger partial charge in [0.25, 0.3) is 0 Å². The van der Waals surface area contributed by atoms with E-state index in [0.29, 0.717) is 11.7 Å². The van der Waals surface area contributed by atoms with E-state index < -0.39 is 0 Å². The van der Waals surface area contributed by atoms with Crippen molar-refractivity contribution < 1.29 is 0 Å². The molecule has 0 atom stereocenters. The quantitative estimate of drug-likeness (QED) is 0.912. The van der Waals surface area contributed by atoms with E-state index in [1.54, 1.807) is 4.68 Å². The fourth-order valence-corrected chi connectivity index (χ4v) is 2.92. The van der Waals surface area contributed by atoms with E-state index in [2.05, 4.69) is 41.3 Å². The molecule has 0 bridgehead atoms. The molecule has 1 fully saturated rings. The van der Waals surface area contributed by atoms with Crippen LogP contribution in [0.25, 0.3) is 11.3 Å². The Morgan fingerprint density at radius 3 is 2.55 bits per heavy atom. The van der Waals surface area contributed by atoms with Crippen molar-refractivity contribution in [3.63, 3.8) is 0 Å². The number of anilines is 1. The van der Waals surface area contributed by atoms with Gasteiger partial charge in [-0.05, 0) is 50.5 Å². The molecule has 4 nitrogen and oxygen atoms in total. The second kappa shape index (κ2) is 5.29. The summed E-state index contributed by atoms with van der Waals surface area (Å²) < 4.78 is 1.72. The Bertz CT molecular complexity index is 575. The van der Waals surface area contributed by atoms with Crippen LogP contribution in [-0.4, -0.2) is 34.8 Å². The molecular formula is C16H22N4. The number of benzene rings is 1. The smallest absolute Gasteiger partial charge is 0.121 e. The third-order valence-electron chi connectivity index (χ3n) is 4.29. The van der Waals surface area contributed by atoms with Crippen molar-refractivity contribution in [1.29, 1.82) is 0 Å². The van der Waals surface area contributed by atoms with Crippen LogP contribution in [0.2, 0.25) is 0 Å². The normalized spacial score (nSPS) is 17.5. The zero-order valence-electron chi connectivity index (χ0n) is 12.2. The van der Waals surface area contributed by atoms with Gasteiger partial charge in [-0.15, -0.1) is 0 Å². The van der Waals surface area contributed by atoms with Crippen LogP contribution in [0, 0.1) is 0 Å².